The van der Waals surface area contributed by atoms with Gasteiger partial charge >= 0.3 is 5.97 Å². The van der Waals surface area contributed by atoms with Gasteiger partial charge in [0.15, 0.2) is 5.60 Å². The van der Waals surface area contributed by atoms with E-state index in [1.807, 2.05) is 78.9 Å². The van der Waals surface area contributed by atoms with Gasteiger partial charge in [0.05, 0.1) is 5.56 Å². The van der Waals surface area contributed by atoms with Gasteiger partial charge in [-0.05, 0) is 41.1 Å². The van der Waals surface area contributed by atoms with E-state index in [0.717, 1.165) is 27.5 Å². The van der Waals surface area contributed by atoms with Crippen LogP contribution < -0.4 is 0 Å². The molecule has 0 spiro atoms. The van der Waals surface area contributed by atoms with Crippen molar-refractivity contribution in [3.8, 4) is 11.5 Å². The summed E-state index contributed by atoms with van der Waals surface area (Å²) in [4.78, 5) is 13.1. The van der Waals surface area contributed by atoms with E-state index in [-0.39, 0.29) is 11.5 Å². The average molecular weight is 418 g/mol. The van der Waals surface area contributed by atoms with E-state index < -0.39 is 11.6 Å². The van der Waals surface area contributed by atoms with E-state index in [1.54, 1.807) is 18.2 Å². The molecule has 2 N–H and O–H groups in total. The number of phenols is 2. The third-order valence-electron chi connectivity index (χ3n) is 6.33. The maximum Gasteiger partial charge on any atom is 0.340 e. The molecule has 5 aromatic carbocycles. The molecule has 1 aliphatic heterocycles. The molecule has 4 heteroatoms. The van der Waals surface area contributed by atoms with Gasteiger partial charge in [-0.2, -0.15) is 0 Å². The van der Waals surface area contributed by atoms with Crippen molar-refractivity contribution < 1.29 is 19.7 Å². The number of esters is 1. The zero-order valence-electron chi connectivity index (χ0n) is 16.9. The maximum atomic E-state index is 13.1. The van der Waals surface area contributed by atoms with Gasteiger partial charge in [0.1, 0.15) is 11.5 Å². The summed E-state index contributed by atoms with van der Waals surface area (Å²) >= 11 is 0. The molecular weight excluding hydrogens is 400 g/mol. The second-order valence-corrected chi connectivity index (χ2v) is 7.97. The highest BCUT2D eigenvalue weighted by Gasteiger charge is 2.50. The van der Waals surface area contributed by atoms with E-state index in [1.165, 1.54) is 0 Å². The average Bonchev–Trinajstić information content (AvgIpc) is 3.13. The van der Waals surface area contributed by atoms with Gasteiger partial charge in [0, 0.05) is 27.5 Å². The lowest BCUT2D eigenvalue weighted by Crippen LogP contribution is -2.30. The van der Waals surface area contributed by atoms with Crippen molar-refractivity contribution in [2.24, 2.45) is 0 Å². The first-order valence-corrected chi connectivity index (χ1v) is 10.4. The first-order valence-electron chi connectivity index (χ1n) is 10.4. The summed E-state index contributed by atoms with van der Waals surface area (Å²) < 4.78 is 6.29. The molecular formula is C28H18O4. The van der Waals surface area contributed by atoms with Crippen LogP contribution in [0.3, 0.4) is 0 Å². The van der Waals surface area contributed by atoms with Crippen LogP contribution in [0.15, 0.2) is 97.1 Å². The van der Waals surface area contributed by atoms with Crippen LogP contribution in [0.1, 0.15) is 27.0 Å². The second kappa shape index (κ2) is 6.59. The molecule has 0 amide bonds. The lowest BCUT2D eigenvalue weighted by molar-refractivity contribution is 0.0260. The van der Waals surface area contributed by atoms with Crippen molar-refractivity contribution in [2.45, 2.75) is 5.60 Å². The number of fused-ring (bicyclic) bond motifs is 3. The van der Waals surface area contributed by atoms with E-state index in [0.29, 0.717) is 16.3 Å². The molecule has 0 aromatic heterocycles. The van der Waals surface area contributed by atoms with Gasteiger partial charge in [-0.3, -0.25) is 0 Å². The van der Waals surface area contributed by atoms with E-state index >= 15 is 0 Å². The molecule has 0 atom stereocenters. The Balaban J connectivity index is 1.82. The number of ether oxygens (including phenoxy) is 1. The molecule has 0 saturated carbocycles. The SMILES string of the molecule is O=C1OC(c2ccc(O)c3ccccc23)(c2ccc(O)c3ccccc23)c2ccccc21. The standard InChI is InChI=1S/C28H18O4/c29-25-15-13-23(17-7-1-3-9-19(17)25)28(22-12-6-5-11-21(22)27(31)32-28)24-14-16-26(30)20-10-4-2-8-18(20)24/h1-16,29-30H. The molecule has 5 aromatic rings. The van der Waals surface area contributed by atoms with Crippen LogP contribution in [-0.4, -0.2) is 16.2 Å². The second-order valence-electron chi connectivity index (χ2n) is 7.97. The smallest absolute Gasteiger partial charge is 0.340 e. The molecule has 0 unspecified atom stereocenters. The van der Waals surface area contributed by atoms with E-state index in [2.05, 4.69) is 0 Å². The minimum absolute atomic E-state index is 0.160. The van der Waals surface area contributed by atoms with Crippen molar-refractivity contribution in [2.75, 3.05) is 0 Å². The zero-order chi connectivity index (χ0) is 21.9. The molecule has 1 aliphatic rings. The van der Waals surface area contributed by atoms with Crippen LogP contribution in [0.5, 0.6) is 11.5 Å². The van der Waals surface area contributed by atoms with Gasteiger partial charge in [0.25, 0.3) is 0 Å². The van der Waals surface area contributed by atoms with E-state index in [9.17, 15) is 15.0 Å². The first-order chi connectivity index (χ1) is 15.6. The minimum atomic E-state index is -1.24. The highest BCUT2D eigenvalue weighted by molar-refractivity contribution is 6.02. The molecule has 6 rings (SSSR count). The van der Waals surface area contributed by atoms with Crippen molar-refractivity contribution in [1.29, 1.82) is 0 Å². The molecule has 0 radical (unpaired) electrons. The van der Waals surface area contributed by atoms with Gasteiger partial charge in [-0.1, -0.05) is 66.7 Å². The van der Waals surface area contributed by atoms with Crippen LogP contribution in [0.25, 0.3) is 21.5 Å². The van der Waals surface area contributed by atoms with Crippen LogP contribution in [0.4, 0.5) is 0 Å². The number of phenolic OH excluding ortho intramolecular Hbond substituents is 2. The number of hydrogen-bond acceptors (Lipinski definition) is 4. The minimum Gasteiger partial charge on any atom is -0.507 e. The summed E-state index contributed by atoms with van der Waals surface area (Å²) in [5.74, 6) is -0.0877. The van der Waals surface area contributed by atoms with Crippen LogP contribution >= 0.6 is 0 Å². The maximum absolute atomic E-state index is 13.1. The molecule has 154 valence electrons. The molecule has 0 aliphatic carbocycles. The molecule has 0 fully saturated rings. The van der Waals surface area contributed by atoms with Crippen LogP contribution in [0.2, 0.25) is 0 Å². The topological polar surface area (TPSA) is 66.8 Å². The highest BCUT2D eigenvalue weighted by atomic mass is 16.6. The Morgan fingerprint density at radius 3 is 1.56 bits per heavy atom. The van der Waals surface area contributed by atoms with Gasteiger partial charge in [-0.25, -0.2) is 4.79 Å². The van der Waals surface area contributed by atoms with Gasteiger partial charge in [-0.15, -0.1) is 0 Å². The van der Waals surface area contributed by atoms with Gasteiger partial charge in [0.2, 0.25) is 0 Å². The Morgan fingerprint density at radius 1 is 0.531 bits per heavy atom. The van der Waals surface area contributed by atoms with Crippen LogP contribution in [-0.2, 0) is 10.3 Å². The lowest BCUT2D eigenvalue weighted by atomic mass is 9.76. The molecule has 4 nitrogen and oxygen atoms in total. The Morgan fingerprint density at radius 2 is 1.00 bits per heavy atom. The first kappa shape index (κ1) is 18.5. The predicted octanol–water partition coefficient (Wildman–Crippen LogP) is 5.87. The Labute approximate surface area is 183 Å². The van der Waals surface area contributed by atoms with E-state index in [4.69, 9.17) is 4.74 Å². The van der Waals surface area contributed by atoms with Crippen molar-refractivity contribution in [1.82, 2.24) is 0 Å². The highest BCUT2D eigenvalue weighted by Crippen LogP contribution is 2.51. The molecule has 0 bridgehead atoms. The molecule has 0 saturated heterocycles. The lowest BCUT2D eigenvalue weighted by Gasteiger charge is -2.32. The largest absolute Gasteiger partial charge is 0.507 e. The summed E-state index contributed by atoms with van der Waals surface area (Å²) in [5, 5.41) is 23.9. The monoisotopic (exact) mass is 418 g/mol. The number of hydrogen-bond donors (Lipinski definition) is 2. The number of cyclic esters (lactones) is 1. The number of carbonyl (C=O) groups excluding carboxylic acids is 1. The Bertz CT molecular complexity index is 1470. The number of carbonyl (C=O) groups is 1. The summed E-state index contributed by atoms with van der Waals surface area (Å²) in [6, 6.07) is 29.3. The fourth-order valence-corrected chi connectivity index (χ4v) is 4.94. The number of rotatable bonds is 2. The summed E-state index contributed by atoms with van der Waals surface area (Å²) in [6.45, 7) is 0. The summed E-state index contributed by atoms with van der Waals surface area (Å²) in [6.07, 6.45) is 0. The predicted molar refractivity (Wildman–Crippen MR) is 123 cm³/mol. The Kier molecular flexibility index (Phi) is 3.80. The van der Waals surface area contributed by atoms with Crippen molar-refractivity contribution in [3.63, 3.8) is 0 Å². The van der Waals surface area contributed by atoms with Crippen molar-refractivity contribution in [3.05, 3.63) is 119 Å². The number of aromatic hydroxyl groups is 2. The Hall–Kier alpha value is -4.31. The normalized spacial score (nSPS) is 14.4. The van der Waals surface area contributed by atoms with Gasteiger partial charge < -0.3 is 14.9 Å². The molecule has 1 heterocycles. The molecule has 32 heavy (non-hydrogen) atoms. The van der Waals surface area contributed by atoms with Crippen molar-refractivity contribution >= 4 is 27.5 Å². The quantitative estimate of drug-likeness (QED) is 0.352. The third kappa shape index (κ3) is 2.35. The van der Waals surface area contributed by atoms with Crippen LogP contribution in [0, 0.1) is 0 Å². The fraction of sp³-hybridized carbons (Fsp3) is 0.0357. The summed E-state index contributed by atoms with van der Waals surface area (Å²) in [7, 11) is 0. The zero-order valence-corrected chi connectivity index (χ0v) is 16.9. The third-order valence-corrected chi connectivity index (χ3v) is 6.33. The number of benzene rings is 5. The fourth-order valence-electron chi connectivity index (χ4n) is 4.94. The summed E-state index contributed by atoms with van der Waals surface area (Å²) in [5.41, 5.74) is 1.49.